The molecule has 0 aliphatic carbocycles. The monoisotopic (exact) mass is 224 g/mol. The van der Waals surface area contributed by atoms with E-state index < -0.39 is 6.10 Å². The van der Waals surface area contributed by atoms with Gasteiger partial charge < -0.3 is 10.4 Å². The molecule has 0 aromatic heterocycles. The second-order valence-corrected chi connectivity index (χ2v) is 3.89. The smallest absolute Gasteiger partial charge is 0.101 e. The van der Waals surface area contributed by atoms with Gasteiger partial charge in [-0.15, -0.1) is 0 Å². The summed E-state index contributed by atoms with van der Waals surface area (Å²) in [6.07, 6.45) is -0.445. The van der Waals surface area contributed by atoms with Crippen molar-refractivity contribution in [1.82, 2.24) is 0 Å². The largest absolute Gasteiger partial charge is 0.391 e. The minimum atomic E-state index is -0.445. The van der Waals surface area contributed by atoms with Crippen molar-refractivity contribution in [1.29, 1.82) is 5.26 Å². The molecule has 0 amide bonds. The Hall–Kier alpha value is -1.24. The summed E-state index contributed by atoms with van der Waals surface area (Å²) in [4.78, 5) is 0. The minimum Gasteiger partial charge on any atom is -0.391 e. The van der Waals surface area contributed by atoms with Crippen LogP contribution in [0.25, 0.3) is 0 Å². The number of nitrogens with one attached hydrogen (secondary N) is 1. The molecule has 0 radical (unpaired) electrons. The van der Waals surface area contributed by atoms with Gasteiger partial charge in [0.1, 0.15) is 6.07 Å². The van der Waals surface area contributed by atoms with Crippen LogP contribution < -0.4 is 5.32 Å². The Morgan fingerprint density at radius 3 is 2.60 bits per heavy atom. The Bertz CT molecular complexity index is 385. The van der Waals surface area contributed by atoms with E-state index in [1.807, 2.05) is 13.0 Å². The fourth-order valence-electron chi connectivity index (χ4n) is 1.08. The van der Waals surface area contributed by atoms with Crippen LogP contribution in [0.2, 0.25) is 5.02 Å². The van der Waals surface area contributed by atoms with Crippen LogP contribution >= 0.6 is 11.6 Å². The molecule has 80 valence electrons. The first-order chi connectivity index (χ1) is 7.04. The Kier molecular flexibility index (Phi) is 3.96. The van der Waals surface area contributed by atoms with E-state index in [2.05, 4.69) is 5.32 Å². The lowest BCUT2D eigenvalue weighted by Crippen LogP contribution is -2.27. The van der Waals surface area contributed by atoms with Crippen molar-refractivity contribution in [2.24, 2.45) is 0 Å². The summed E-state index contributed by atoms with van der Waals surface area (Å²) >= 11 is 5.87. The average molecular weight is 225 g/mol. The van der Waals surface area contributed by atoms with E-state index in [4.69, 9.17) is 16.9 Å². The molecular formula is C11H13ClN2O. The highest BCUT2D eigenvalue weighted by Crippen LogP contribution is 2.20. The first-order valence-electron chi connectivity index (χ1n) is 4.69. The maximum atomic E-state index is 9.30. The molecule has 0 aliphatic heterocycles. The minimum absolute atomic E-state index is 0.0611. The molecule has 4 heteroatoms. The zero-order valence-electron chi connectivity index (χ0n) is 8.66. The number of nitrogens with zero attached hydrogens (tertiary/aromatic N) is 1. The van der Waals surface area contributed by atoms with E-state index in [9.17, 15) is 5.11 Å². The summed E-state index contributed by atoms with van der Waals surface area (Å²) in [6.45, 7) is 3.58. The summed E-state index contributed by atoms with van der Waals surface area (Å²) in [5.41, 5.74) is 1.25. The van der Waals surface area contributed by atoms with Crippen molar-refractivity contribution in [3.8, 4) is 6.07 Å². The van der Waals surface area contributed by atoms with Crippen molar-refractivity contribution < 1.29 is 5.11 Å². The van der Waals surface area contributed by atoms with E-state index in [-0.39, 0.29) is 6.04 Å². The third-order valence-electron chi connectivity index (χ3n) is 2.21. The number of aliphatic hydroxyl groups excluding tert-OH is 1. The first-order valence-corrected chi connectivity index (χ1v) is 5.06. The molecule has 0 aliphatic rings. The fraction of sp³-hybridized carbons (Fsp3) is 0.364. The molecule has 3 nitrogen and oxygen atoms in total. The van der Waals surface area contributed by atoms with Crippen molar-refractivity contribution in [3.05, 3.63) is 28.8 Å². The molecule has 1 rings (SSSR count). The van der Waals surface area contributed by atoms with Gasteiger partial charge in [-0.2, -0.15) is 5.26 Å². The van der Waals surface area contributed by atoms with Crippen molar-refractivity contribution in [3.63, 3.8) is 0 Å². The summed E-state index contributed by atoms with van der Waals surface area (Å²) < 4.78 is 0. The number of nitriles is 1. The summed E-state index contributed by atoms with van der Waals surface area (Å²) in [5, 5.41) is 21.5. The van der Waals surface area contributed by atoms with Crippen LogP contribution in [0.15, 0.2) is 18.2 Å². The molecule has 2 unspecified atom stereocenters. The maximum absolute atomic E-state index is 9.30. The number of anilines is 1. The zero-order valence-corrected chi connectivity index (χ0v) is 9.42. The summed E-state index contributed by atoms with van der Waals surface area (Å²) in [7, 11) is 0. The van der Waals surface area contributed by atoms with Gasteiger partial charge in [-0.05, 0) is 32.0 Å². The molecule has 1 aromatic rings. The second-order valence-electron chi connectivity index (χ2n) is 3.48. The van der Waals surface area contributed by atoms with Crippen LogP contribution in [0.1, 0.15) is 19.4 Å². The third-order valence-corrected chi connectivity index (χ3v) is 2.52. The molecule has 0 bridgehead atoms. The standard InChI is InChI=1S/C11H13ClN2O/c1-7(8(2)15)14-10-4-3-9(6-13)11(12)5-10/h3-5,7-8,14-15H,1-2H3. The van der Waals surface area contributed by atoms with Crippen LogP contribution in [0.5, 0.6) is 0 Å². The molecular weight excluding hydrogens is 212 g/mol. The lowest BCUT2D eigenvalue weighted by molar-refractivity contribution is 0.178. The highest BCUT2D eigenvalue weighted by atomic mass is 35.5. The summed E-state index contributed by atoms with van der Waals surface area (Å²) in [6, 6.07) is 7.03. The van der Waals surface area contributed by atoms with Crippen LogP contribution in [0.3, 0.4) is 0 Å². The average Bonchev–Trinajstić information content (AvgIpc) is 2.18. The van der Waals surface area contributed by atoms with Gasteiger partial charge in [-0.3, -0.25) is 0 Å². The van der Waals surface area contributed by atoms with Gasteiger partial charge >= 0.3 is 0 Å². The fourth-order valence-corrected chi connectivity index (χ4v) is 1.30. The Balaban J connectivity index is 2.81. The number of hydrogen-bond donors (Lipinski definition) is 2. The first kappa shape index (κ1) is 11.8. The number of hydrogen-bond acceptors (Lipinski definition) is 3. The third kappa shape index (κ3) is 3.12. The molecule has 2 N–H and O–H groups in total. The quantitative estimate of drug-likeness (QED) is 0.829. The molecule has 0 saturated heterocycles. The van der Waals surface area contributed by atoms with Gasteiger partial charge in [0.15, 0.2) is 0 Å². The second kappa shape index (κ2) is 5.01. The maximum Gasteiger partial charge on any atom is 0.101 e. The molecule has 0 saturated carbocycles. The number of halogens is 1. The van der Waals surface area contributed by atoms with Crippen LogP contribution in [0.4, 0.5) is 5.69 Å². The predicted molar refractivity (Wildman–Crippen MR) is 60.9 cm³/mol. The highest BCUT2D eigenvalue weighted by molar-refractivity contribution is 6.32. The SMILES string of the molecule is CC(O)C(C)Nc1ccc(C#N)c(Cl)c1. The molecule has 0 heterocycles. The predicted octanol–water partition coefficient (Wildman–Crippen LogP) is 2.39. The van der Waals surface area contributed by atoms with Gasteiger partial charge in [0.2, 0.25) is 0 Å². The molecule has 15 heavy (non-hydrogen) atoms. The molecule has 1 aromatic carbocycles. The molecule has 0 fully saturated rings. The Morgan fingerprint density at radius 2 is 2.13 bits per heavy atom. The normalized spacial score (nSPS) is 14.1. The zero-order chi connectivity index (χ0) is 11.4. The molecule has 0 spiro atoms. The van der Waals surface area contributed by atoms with Crippen molar-refractivity contribution in [2.45, 2.75) is 26.0 Å². The molecule has 2 atom stereocenters. The summed E-state index contributed by atoms with van der Waals surface area (Å²) in [5.74, 6) is 0. The van der Waals surface area contributed by atoms with E-state index in [1.54, 1.807) is 25.1 Å². The van der Waals surface area contributed by atoms with Gasteiger partial charge in [0, 0.05) is 11.7 Å². The van der Waals surface area contributed by atoms with Gasteiger partial charge in [0.25, 0.3) is 0 Å². The number of benzene rings is 1. The van der Waals surface area contributed by atoms with E-state index >= 15 is 0 Å². The van der Waals surface area contributed by atoms with E-state index in [0.717, 1.165) is 5.69 Å². The van der Waals surface area contributed by atoms with Crippen molar-refractivity contribution in [2.75, 3.05) is 5.32 Å². The van der Waals surface area contributed by atoms with Crippen LogP contribution in [-0.2, 0) is 0 Å². The Labute approximate surface area is 94.3 Å². The number of aliphatic hydroxyl groups is 1. The van der Waals surface area contributed by atoms with Gasteiger partial charge in [-0.25, -0.2) is 0 Å². The van der Waals surface area contributed by atoms with E-state index in [0.29, 0.717) is 10.6 Å². The van der Waals surface area contributed by atoms with Gasteiger partial charge in [-0.1, -0.05) is 11.6 Å². The van der Waals surface area contributed by atoms with Crippen LogP contribution in [0, 0.1) is 11.3 Å². The van der Waals surface area contributed by atoms with Crippen molar-refractivity contribution >= 4 is 17.3 Å². The van der Waals surface area contributed by atoms with Crippen LogP contribution in [-0.4, -0.2) is 17.3 Å². The lowest BCUT2D eigenvalue weighted by atomic mass is 10.1. The highest BCUT2D eigenvalue weighted by Gasteiger charge is 2.08. The van der Waals surface area contributed by atoms with E-state index in [1.165, 1.54) is 0 Å². The Morgan fingerprint density at radius 1 is 1.47 bits per heavy atom. The lowest BCUT2D eigenvalue weighted by Gasteiger charge is -2.18. The number of rotatable bonds is 3. The van der Waals surface area contributed by atoms with Gasteiger partial charge in [0.05, 0.1) is 16.7 Å². The topological polar surface area (TPSA) is 56.0 Å².